The standard InChI is InChI=1S/C17H21N5O3/c1-20(2)17(25)14-8-5-10-21(14)15(23)9-11-22-16(24)12-6-3-4-7-13(12)18-19-22/h3-4,6-7,14H,5,8-11H2,1-2H3. The fourth-order valence-corrected chi connectivity index (χ4v) is 3.13. The molecule has 1 aromatic heterocycles. The minimum atomic E-state index is -0.401. The highest BCUT2D eigenvalue weighted by Crippen LogP contribution is 2.19. The molecular formula is C17H21N5O3. The third kappa shape index (κ3) is 3.38. The lowest BCUT2D eigenvalue weighted by Gasteiger charge is -2.26. The topological polar surface area (TPSA) is 88.4 Å². The largest absolute Gasteiger partial charge is 0.347 e. The molecule has 0 N–H and O–H groups in total. The van der Waals surface area contributed by atoms with E-state index in [0.717, 1.165) is 6.42 Å². The molecule has 3 rings (SSSR count). The van der Waals surface area contributed by atoms with Crippen molar-refractivity contribution >= 4 is 22.7 Å². The average molecular weight is 343 g/mol. The van der Waals surface area contributed by atoms with E-state index < -0.39 is 6.04 Å². The van der Waals surface area contributed by atoms with Crippen LogP contribution in [0.1, 0.15) is 19.3 Å². The summed E-state index contributed by atoms with van der Waals surface area (Å²) in [6.45, 7) is 0.719. The second-order valence-corrected chi connectivity index (χ2v) is 6.36. The first-order valence-corrected chi connectivity index (χ1v) is 8.32. The molecule has 1 atom stereocenters. The second-order valence-electron chi connectivity index (χ2n) is 6.36. The Morgan fingerprint density at radius 3 is 2.80 bits per heavy atom. The van der Waals surface area contributed by atoms with E-state index in [1.807, 2.05) is 0 Å². The average Bonchev–Trinajstić information content (AvgIpc) is 3.10. The Morgan fingerprint density at radius 1 is 1.28 bits per heavy atom. The number of hydrogen-bond donors (Lipinski definition) is 0. The molecule has 1 unspecified atom stereocenters. The van der Waals surface area contributed by atoms with Gasteiger partial charge in [0.15, 0.2) is 0 Å². The third-order valence-corrected chi connectivity index (χ3v) is 4.47. The van der Waals surface area contributed by atoms with Crippen molar-refractivity contribution in [2.24, 2.45) is 0 Å². The molecule has 25 heavy (non-hydrogen) atoms. The van der Waals surface area contributed by atoms with Crippen molar-refractivity contribution in [1.82, 2.24) is 24.8 Å². The summed E-state index contributed by atoms with van der Waals surface area (Å²) in [6, 6.07) is 6.57. The summed E-state index contributed by atoms with van der Waals surface area (Å²) in [7, 11) is 3.38. The maximum atomic E-state index is 12.5. The lowest BCUT2D eigenvalue weighted by molar-refractivity contribution is -0.142. The number of rotatable bonds is 4. The van der Waals surface area contributed by atoms with Gasteiger partial charge in [0.25, 0.3) is 5.56 Å². The van der Waals surface area contributed by atoms with Crippen LogP contribution in [0.4, 0.5) is 0 Å². The first-order valence-electron chi connectivity index (χ1n) is 8.32. The third-order valence-electron chi connectivity index (χ3n) is 4.47. The van der Waals surface area contributed by atoms with E-state index in [-0.39, 0.29) is 30.3 Å². The van der Waals surface area contributed by atoms with Crippen LogP contribution in [0, 0.1) is 0 Å². The van der Waals surface area contributed by atoms with Crippen LogP contribution >= 0.6 is 0 Å². The minimum absolute atomic E-state index is 0.0616. The van der Waals surface area contributed by atoms with Gasteiger partial charge in [-0.05, 0) is 25.0 Å². The Labute approximate surface area is 145 Å². The quantitative estimate of drug-likeness (QED) is 0.795. The molecule has 2 heterocycles. The van der Waals surface area contributed by atoms with Crippen LogP contribution in [-0.2, 0) is 16.1 Å². The summed E-state index contributed by atoms with van der Waals surface area (Å²) < 4.78 is 1.21. The van der Waals surface area contributed by atoms with Crippen LogP contribution < -0.4 is 5.56 Å². The number of likely N-dealkylation sites (tertiary alicyclic amines) is 1. The summed E-state index contributed by atoms with van der Waals surface area (Å²) in [5.74, 6) is -0.201. The van der Waals surface area contributed by atoms with Gasteiger partial charge in [-0.25, -0.2) is 4.68 Å². The Balaban J connectivity index is 1.71. The van der Waals surface area contributed by atoms with Crippen LogP contribution in [-0.4, -0.2) is 63.3 Å². The van der Waals surface area contributed by atoms with Gasteiger partial charge in [-0.15, -0.1) is 5.10 Å². The number of benzene rings is 1. The number of aromatic nitrogens is 3. The highest BCUT2D eigenvalue weighted by Gasteiger charge is 2.34. The summed E-state index contributed by atoms with van der Waals surface area (Å²) in [6.07, 6.45) is 1.61. The normalized spacial score (nSPS) is 17.0. The van der Waals surface area contributed by atoms with Crippen molar-refractivity contribution in [3.63, 3.8) is 0 Å². The van der Waals surface area contributed by atoms with Crippen LogP contribution in [0.3, 0.4) is 0 Å². The van der Waals surface area contributed by atoms with E-state index >= 15 is 0 Å². The Kier molecular flexibility index (Phi) is 4.78. The molecule has 0 saturated carbocycles. The van der Waals surface area contributed by atoms with E-state index in [1.165, 1.54) is 9.58 Å². The monoisotopic (exact) mass is 343 g/mol. The lowest BCUT2D eigenvalue weighted by atomic mass is 10.2. The summed E-state index contributed by atoms with van der Waals surface area (Å²) >= 11 is 0. The fraction of sp³-hybridized carbons (Fsp3) is 0.471. The molecule has 1 fully saturated rings. The predicted octanol–water partition coefficient (Wildman–Crippen LogP) is 0.261. The molecule has 1 aliphatic rings. The molecule has 132 valence electrons. The highest BCUT2D eigenvalue weighted by atomic mass is 16.2. The van der Waals surface area contributed by atoms with Gasteiger partial charge in [0.05, 0.1) is 11.9 Å². The first kappa shape index (κ1) is 17.1. The number of carbonyl (C=O) groups excluding carboxylic acids is 2. The Morgan fingerprint density at radius 2 is 2.04 bits per heavy atom. The van der Waals surface area contributed by atoms with Crippen LogP contribution in [0.2, 0.25) is 0 Å². The molecule has 2 aromatic rings. The number of hydrogen-bond acceptors (Lipinski definition) is 5. The zero-order valence-electron chi connectivity index (χ0n) is 14.4. The molecule has 2 amide bonds. The van der Waals surface area contributed by atoms with Gasteiger partial charge in [0.2, 0.25) is 11.8 Å². The molecule has 0 bridgehead atoms. The number of aryl methyl sites for hydroxylation is 1. The van der Waals surface area contributed by atoms with Crippen LogP contribution in [0.5, 0.6) is 0 Å². The molecule has 1 aliphatic heterocycles. The lowest BCUT2D eigenvalue weighted by Crippen LogP contribution is -2.45. The Bertz CT molecular complexity index is 861. The van der Waals surface area contributed by atoms with Crippen molar-refractivity contribution in [2.75, 3.05) is 20.6 Å². The SMILES string of the molecule is CN(C)C(=O)C1CCCN1C(=O)CCn1nnc2ccccc2c1=O. The maximum absolute atomic E-state index is 12.5. The summed E-state index contributed by atoms with van der Waals surface area (Å²) in [5.41, 5.74) is 0.270. The fourth-order valence-electron chi connectivity index (χ4n) is 3.13. The zero-order chi connectivity index (χ0) is 18.0. The van der Waals surface area contributed by atoms with E-state index in [0.29, 0.717) is 23.9 Å². The number of nitrogens with zero attached hydrogens (tertiary/aromatic N) is 5. The van der Waals surface area contributed by atoms with Crippen molar-refractivity contribution in [3.8, 4) is 0 Å². The first-order chi connectivity index (χ1) is 12.0. The number of fused-ring (bicyclic) bond motifs is 1. The van der Waals surface area contributed by atoms with E-state index in [1.54, 1.807) is 43.3 Å². The van der Waals surface area contributed by atoms with Gasteiger partial charge in [0, 0.05) is 27.1 Å². The van der Waals surface area contributed by atoms with Crippen LogP contribution in [0.15, 0.2) is 29.1 Å². The van der Waals surface area contributed by atoms with Crippen molar-refractivity contribution in [3.05, 3.63) is 34.6 Å². The van der Waals surface area contributed by atoms with Crippen LogP contribution in [0.25, 0.3) is 10.9 Å². The minimum Gasteiger partial charge on any atom is -0.347 e. The van der Waals surface area contributed by atoms with E-state index in [9.17, 15) is 14.4 Å². The molecule has 8 nitrogen and oxygen atoms in total. The number of likely N-dealkylation sites (N-methyl/N-ethyl adjacent to an activating group) is 1. The van der Waals surface area contributed by atoms with E-state index in [2.05, 4.69) is 10.3 Å². The zero-order valence-corrected chi connectivity index (χ0v) is 14.4. The summed E-state index contributed by atoms with van der Waals surface area (Å²) in [5, 5.41) is 8.39. The van der Waals surface area contributed by atoms with Crippen molar-refractivity contribution < 1.29 is 9.59 Å². The van der Waals surface area contributed by atoms with Gasteiger partial charge in [-0.3, -0.25) is 14.4 Å². The molecule has 8 heteroatoms. The number of amides is 2. The maximum Gasteiger partial charge on any atom is 0.277 e. The highest BCUT2D eigenvalue weighted by molar-refractivity contribution is 5.88. The van der Waals surface area contributed by atoms with Gasteiger partial charge in [0.1, 0.15) is 11.6 Å². The van der Waals surface area contributed by atoms with Gasteiger partial charge < -0.3 is 9.80 Å². The Hall–Kier alpha value is -2.77. The van der Waals surface area contributed by atoms with E-state index in [4.69, 9.17) is 0 Å². The molecule has 0 spiro atoms. The molecule has 1 aromatic carbocycles. The van der Waals surface area contributed by atoms with Crippen molar-refractivity contribution in [1.29, 1.82) is 0 Å². The molecular weight excluding hydrogens is 322 g/mol. The van der Waals surface area contributed by atoms with Gasteiger partial charge >= 0.3 is 0 Å². The molecule has 0 aliphatic carbocycles. The van der Waals surface area contributed by atoms with Gasteiger partial charge in [-0.2, -0.15) is 0 Å². The molecule has 1 saturated heterocycles. The van der Waals surface area contributed by atoms with Crippen molar-refractivity contribution in [2.45, 2.75) is 31.8 Å². The number of carbonyl (C=O) groups is 2. The predicted molar refractivity (Wildman–Crippen MR) is 91.8 cm³/mol. The smallest absolute Gasteiger partial charge is 0.277 e. The molecule has 0 radical (unpaired) electrons. The summed E-state index contributed by atoms with van der Waals surface area (Å²) in [4.78, 5) is 40.2. The van der Waals surface area contributed by atoms with Gasteiger partial charge in [-0.1, -0.05) is 17.3 Å². The second kappa shape index (κ2) is 7.00.